The van der Waals surface area contributed by atoms with Crippen molar-refractivity contribution in [2.24, 2.45) is 0 Å². The van der Waals surface area contributed by atoms with E-state index in [1.54, 1.807) is 0 Å². The fourth-order valence-corrected chi connectivity index (χ4v) is 2.00. The van der Waals surface area contributed by atoms with Gasteiger partial charge in [0.25, 0.3) is 0 Å². The van der Waals surface area contributed by atoms with Gasteiger partial charge in [0.2, 0.25) is 0 Å². The third kappa shape index (κ3) is 3.92. The van der Waals surface area contributed by atoms with Gasteiger partial charge in [-0.15, -0.1) is 0 Å². The summed E-state index contributed by atoms with van der Waals surface area (Å²) in [5.74, 6) is 0. The Hall–Kier alpha value is -0.160. The minimum Gasteiger partial charge on any atom is -0.311 e. The van der Waals surface area contributed by atoms with Crippen LogP contribution < -0.4 is 0 Å². The molecular weight excluding hydrogens is 216 g/mol. The summed E-state index contributed by atoms with van der Waals surface area (Å²) in [6.45, 7) is 5.31. The van der Waals surface area contributed by atoms with E-state index in [1.165, 1.54) is 24.1 Å². The molecule has 1 aromatic rings. The van der Waals surface area contributed by atoms with Crippen molar-refractivity contribution in [2.45, 2.75) is 23.6 Å². The van der Waals surface area contributed by atoms with Gasteiger partial charge in [0.05, 0.1) is 23.0 Å². The first-order valence-corrected chi connectivity index (χ1v) is 5.96. The van der Waals surface area contributed by atoms with E-state index in [0.717, 1.165) is 9.79 Å². The summed E-state index contributed by atoms with van der Waals surface area (Å²) in [4.78, 5) is 2.03. The highest BCUT2D eigenvalue weighted by molar-refractivity contribution is 7.97. The normalized spacial score (nSPS) is 10.4. The van der Waals surface area contributed by atoms with Crippen molar-refractivity contribution in [3.63, 3.8) is 0 Å². The van der Waals surface area contributed by atoms with Crippen molar-refractivity contribution in [1.82, 2.24) is 0 Å². The molecule has 0 amide bonds. The van der Waals surface area contributed by atoms with Crippen LogP contribution in [-0.2, 0) is 8.37 Å². The fourth-order valence-electron chi connectivity index (χ4n) is 0.777. The predicted octanol–water partition coefficient (Wildman–Crippen LogP) is 3.57. The third-order valence-electron chi connectivity index (χ3n) is 1.31. The van der Waals surface area contributed by atoms with E-state index >= 15 is 0 Å². The molecule has 1 rings (SSSR count). The molecule has 0 saturated carbocycles. The SMILES string of the molecule is CCOSc1[c]cccc1SOCC. The Bertz CT molecular complexity index is 239. The zero-order valence-corrected chi connectivity index (χ0v) is 9.91. The van der Waals surface area contributed by atoms with Crippen molar-refractivity contribution in [2.75, 3.05) is 13.2 Å². The van der Waals surface area contributed by atoms with Crippen molar-refractivity contribution in [3.8, 4) is 0 Å². The Kier molecular flexibility index (Phi) is 6.10. The Labute approximate surface area is 93.8 Å². The first-order chi connectivity index (χ1) is 6.88. The van der Waals surface area contributed by atoms with Gasteiger partial charge in [-0.05, 0) is 19.9 Å². The molecule has 0 aliphatic carbocycles. The van der Waals surface area contributed by atoms with E-state index in [0.29, 0.717) is 13.2 Å². The van der Waals surface area contributed by atoms with E-state index < -0.39 is 0 Å². The molecule has 0 N–H and O–H groups in total. The largest absolute Gasteiger partial charge is 0.311 e. The third-order valence-corrected chi connectivity index (χ3v) is 3.17. The maximum absolute atomic E-state index is 5.27. The Morgan fingerprint density at radius 2 is 1.93 bits per heavy atom. The summed E-state index contributed by atoms with van der Waals surface area (Å²) in [6, 6.07) is 8.93. The number of benzene rings is 1. The number of rotatable bonds is 6. The van der Waals surface area contributed by atoms with Crippen LogP contribution >= 0.6 is 24.1 Å². The summed E-state index contributed by atoms with van der Waals surface area (Å²) in [5, 5.41) is 0. The van der Waals surface area contributed by atoms with E-state index in [1.807, 2.05) is 32.0 Å². The number of hydrogen-bond acceptors (Lipinski definition) is 4. The molecule has 2 nitrogen and oxygen atoms in total. The molecule has 4 heteroatoms. The van der Waals surface area contributed by atoms with E-state index in [-0.39, 0.29) is 0 Å². The molecule has 1 radical (unpaired) electrons. The first kappa shape index (κ1) is 11.9. The van der Waals surface area contributed by atoms with Crippen LogP contribution in [0.3, 0.4) is 0 Å². The molecule has 0 aliphatic heterocycles. The van der Waals surface area contributed by atoms with Crippen LogP contribution in [0.25, 0.3) is 0 Å². The van der Waals surface area contributed by atoms with Gasteiger partial charge in [-0.3, -0.25) is 0 Å². The van der Waals surface area contributed by atoms with Crippen LogP contribution in [0, 0.1) is 6.07 Å². The molecule has 0 atom stereocenters. The maximum atomic E-state index is 5.27. The highest BCUT2D eigenvalue weighted by atomic mass is 32.2. The fraction of sp³-hybridized carbons (Fsp3) is 0.400. The van der Waals surface area contributed by atoms with Crippen LogP contribution in [0.4, 0.5) is 0 Å². The van der Waals surface area contributed by atoms with Crippen molar-refractivity contribution in [3.05, 3.63) is 24.3 Å². The van der Waals surface area contributed by atoms with Crippen LogP contribution in [0.2, 0.25) is 0 Å². The Morgan fingerprint density at radius 3 is 2.64 bits per heavy atom. The summed E-state index contributed by atoms with van der Waals surface area (Å²) in [5.41, 5.74) is 0. The summed E-state index contributed by atoms with van der Waals surface area (Å²) < 4.78 is 10.5. The lowest BCUT2D eigenvalue weighted by Gasteiger charge is -2.05. The number of hydrogen-bond donors (Lipinski definition) is 0. The molecule has 0 bridgehead atoms. The highest BCUT2D eigenvalue weighted by Crippen LogP contribution is 2.31. The van der Waals surface area contributed by atoms with Gasteiger partial charge in [0.15, 0.2) is 0 Å². The monoisotopic (exact) mass is 229 g/mol. The zero-order valence-electron chi connectivity index (χ0n) is 8.28. The van der Waals surface area contributed by atoms with Crippen LogP contribution in [0.5, 0.6) is 0 Å². The second-order valence-corrected chi connectivity index (χ2v) is 4.00. The second-order valence-electron chi connectivity index (χ2n) is 2.34. The summed E-state index contributed by atoms with van der Waals surface area (Å²) >= 11 is 2.71. The molecule has 0 spiro atoms. The average Bonchev–Trinajstić information content (AvgIpc) is 2.24. The molecule has 14 heavy (non-hydrogen) atoms. The van der Waals surface area contributed by atoms with Gasteiger partial charge >= 0.3 is 0 Å². The van der Waals surface area contributed by atoms with E-state index in [4.69, 9.17) is 8.37 Å². The maximum Gasteiger partial charge on any atom is 0.0591 e. The molecule has 0 unspecified atom stereocenters. The van der Waals surface area contributed by atoms with E-state index in [2.05, 4.69) is 6.07 Å². The molecule has 0 fully saturated rings. The lowest BCUT2D eigenvalue weighted by molar-refractivity contribution is 0.397. The van der Waals surface area contributed by atoms with Crippen LogP contribution in [-0.4, -0.2) is 13.2 Å². The molecule has 77 valence electrons. The topological polar surface area (TPSA) is 18.5 Å². The summed E-state index contributed by atoms with van der Waals surface area (Å²) in [7, 11) is 0. The standard InChI is InChI=1S/C10H13O2S2/c1-3-11-13-9-7-5-6-8-10(9)14-12-4-2/h5-7H,3-4H2,1-2H3. The average molecular weight is 229 g/mol. The molecular formula is C10H13O2S2. The van der Waals surface area contributed by atoms with Crippen molar-refractivity contribution < 1.29 is 8.37 Å². The van der Waals surface area contributed by atoms with Crippen LogP contribution in [0.15, 0.2) is 28.0 Å². The van der Waals surface area contributed by atoms with Gasteiger partial charge in [-0.25, -0.2) is 0 Å². The first-order valence-electron chi connectivity index (χ1n) is 4.48. The Balaban J connectivity index is 2.60. The van der Waals surface area contributed by atoms with Gasteiger partial charge in [0, 0.05) is 30.2 Å². The van der Waals surface area contributed by atoms with Gasteiger partial charge < -0.3 is 8.37 Å². The molecule has 0 aromatic heterocycles. The quantitative estimate of drug-likeness (QED) is 0.694. The van der Waals surface area contributed by atoms with Crippen molar-refractivity contribution >= 4 is 24.1 Å². The van der Waals surface area contributed by atoms with Crippen LogP contribution in [0.1, 0.15) is 13.8 Å². The minimum absolute atomic E-state index is 0.687. The lowest BCUT2D eigenvalue weighted by atomic mass is 10.4. The highest BCUT2D eigenvalue weighted by Gasteiger charge is 2.03. The molecule has 0 saturated heterocycles. The Morgan fingerprint density at radius 1 is 1.21 bits per heavy atom. The molecule has 1 aromatic carbocycles. The zero-order chi connectivity index (χ0) is 10.2. The van der Waals surface area contributed by atoms with Gasteiger partial charge in [-0.1, -0.05) is 12.1 Å². The second kappa shape index (κ2) is 7.17. The molecule has 0 aliphatic rings. The molecule has 0 heterocycles. The summed E-state index contributed by atoms with van der Waals surface area (Å²) in [6.07, 6.45) is 0. The minimum atomic E-state index is 0.687. The van der Waals surface area contributed by atoms with Gasteiger partial charge in [0.1, 0.15) is 0 Å². The van der Waals surface area contributed by atoms with E-state index in [9.17, 15) is 0 Å². The smallest absolute Gasteiger partial charge is 0.0591 e. The van der Waals surface area contributed by atoms with Crippen molar-refractivity contribution in [1.29, 1.82) is 0 Å². The predicted molar refractivity (Wildman–Crippen MR) is 60.2 cm³/mol. The van der Waals surface area contributed by atoms with Gasteiger partial charge in [-0.2, -0.15) is 0 Å². The lowest BCUT2D eigenvalue weighted by Crippen LogP contribution is -1.84.